The third kappa shape index (κ3) is 5.44. The fraction of sp³-hybridized carbons (Fsp3) is 0.500. The highest BCUT2D eigenvalue weighted by atomic mass is 127. The van der Waals surface area contributed by atoms with Gasteiger partial charge in [0.1, 0.15) is 5.82 Å². The zero-order valence-electron chi connectivity index (χ0n) is 16.5. The normalized spacial score (nSPS) is 17.7. The Morgan fingerprint density at radius 1 is 1.37 bits per heavy atom. The van der Waals surface area contributed by atoms with Crippen LogP contribution in [-0.2, 0) is 6.54 Å². The van der Waals surface area contributed by atoms with Gasteiger partial charge in [0, 0.05) is 32.1 Å². The minimum atomic E-state index is 0. The highest BCUT2D eigenvalue weighted by Crippen LogP contribution is 2.22. The number of nitrogens with one attached hydrogen (secondary N) is 1. The first-order valence-corrected chi connectivity index (χ1v) is 9.42. The van der Waals surface area contributed by atoms with Gasteiger partial charge in [-0.15, -0.1) is 24.0 Å². The highest BCUT2D eigenvalue weighted by molar-refractivity contribution is 14.0. The number of rotatable bonds is 6. The number of nitrogens with zero attached hydrogens (tertiary/aromatic N) is 4. The third-order valence-electron chi connectivity index (χ3n) is 5.09. The first-order chi connectivity index (χ1) is 12.6. The lowest BCUT2D eigenvalue weighted by Crippen LogP contribution is -2.42. The molecule has 1 aromatic heterocycles. The fourth-order valence-corrected chi connectivity index (χ4v) is 3.58. The molecule has 3 N–H and O–H groups in total. The van der Waals surface area contributed by atoms with Crippen LogP contribution in [0.4, 0.5) is 5.82 Å². The summed E-state index contributed by atoms with van der Waals surface area (Å²) in [5.74, 6) is 1.45. The summed E-state index contributed by atoms with van der Waals surface area (Å²) in [5, 5.41) is 4.43. The molecule has 3 rings (SSSR count). The van der Waals surface area contributed by atoms with Gasteiger partial charge in [0.25, 0.3) is 0 Å². The maximum atomic E-state index is 6.12. The molecular weight excluding hydrogens is 451 g/mol. The lowest BCUT2D eigenvalue weighted by atomic mass is 10.1. The van der Waals surface area contributed by atoms with Crippen molar-refractivity contribution < 1.29 is 0 Å². The predicted octanol–water partition coefficient (Wildman–Crippen LogP) is 2.81. The molecule has 1 aliphatic rings. The maximum absolute atomic E-state index is 6.12. The maximum Gasteiger partial charge on any atom is 0.188 e. The number of aromatic nitrogens is 1. The predicted molar refractivity (Wildman–Crippen MR) is 125 cm³/mol. The van der Waals surface area contributed by atoms with Crippen molar-refractivity contribution in [3.63, 3.8) is 0 Å². The van der Waals surface area contributed by atoms with Crippen molar-refractivity contribution in [2.24, 2.45) is 10.7 Å². The van der Waals surface area contributed by atoms with E-state index in [0.29, 0.717) is 18.5 Å². The van der Waals surface area contributed by atoms with Gasteiger partial charge in [0.05, 0.1) is 12.1 Å². The summed E-state index contributed by atoms with van der Waals surface area (Å²) in [6.45, 7) is 5.91. The van der Waals surface area contributed by atoms with E-state index in [4.69, 9.17) is 10.7 Å². The Kier molecular flexibility index (Phi) is 8.09. The van der Waals surface area contributed by atoms with Crippen molar-refractivity contribution in [3.8, 4) is 0 Å². The van der Waals surface area contributed by atoms with Crippen molar-refractivity contribution in [2.75, 3.05) is 38.6 Å². The smallest absolute Gasteiger partial charge is 0.188 e. The van der Waals surface area contributed by atoms with E-state index in [9.17, 15) is 0 Å². The minimum absolute atomic E-state index is 0. The van der Waals surface area contributed by atoms with Crippen LogP contribution < -0.4 is 16.0 Å². The molecule has 0 bridgehead atoms. The van der Waals surface area contributed by atoms with Gasteiger partial charge in [-0.25, -0.2) is 9.98 Å². The molecule has 6 nitrogen and oxygen atoms in total. The number of pyridine rings is 1. The number of hydrogen-bond donors (Lipinski definition) is 2. The number of halogens is 1. The lowest BCUT2D eigenvalue weighted by molar-refractivity contribution is 0.267. The molecule has 1 aromatic carbocycles. The van der Waals surface area contributed by atoms with Gasteiger partial charge in [-0.3, -0.25) is 4.90 Å². The van der Waals surface area contributed by atoms with Crippen LogP contribution >= 0.6 is 24.0 Å². The largest absolute Gasteiger partial charge is 0.370 e. The number of likely N-dealkylation sites (N-methyl/N-ethyl adjacent to an activating group) is 1. The molecular formula is C20H31IN6. The SMILES string of the molecule is CCN1CCCC1CNC(N)=NCc1cc(N(C)C)nc2ccccc12.I. The summed E-state index contributed by atoms with van der Waals surface area (Å²) in [5.41, 5.74) is 8.25. The van der Waals surface area contributed by atoms with Crippen LogP contribution in [0.3, 0.4) is 0 Å². The van der Waals surface area contributed by atoms with Crippen LogP contribution in [0.2, 0.25) is 0 Å². The number of nitrogens with two attached hydrogens (primary N) is 1. The van der Waals surface area contributed by atoms with E-state index in [1.807, 2.05) is 37.2 Å². The molecule has 1 fully saturated rings. The van der Waals surface area contributed by atoms with Gasteiger partial charge in [0.15, 0.2) is 5.96 Å². The Morgan fingerprint density at radius 3 is 2.89 bits per heavy atom. The third-order valence-corrected chi connectivity index (χ3v) is 5.09. The second-order valence-corrected chi connectivity index (χ2v) is 7.06. The zero-order chi connectivity index (χ0) is 18.5. The highest BCUT2D eigenvalue weighted by Gasteiger charge is 2.22. The van der Waals surface area contributed by atoms with Crippen molar-refractivity contribution >= 4 is 46.7 Å². The van der Waals surface area contributed by atoms with E-state index in [1.54, 1.807) is 0 Å². The van der Waals surface area contributed by atoms with Crippen LogP contribution in [0.1, 0.15) is 25.3 Å². The molecule has 1 saturated heterocycles. The molecule has 2 aromatic rings. The number of aliphatic imine (C=N–C) groups is 1. The summed E-state index contributed by atoms with van der Waals surface area (Å²) in [6, 6.07) is 10.8. The van der Waals surface area contributed by atoms with Gasteiger partial charge in [-0.2, -0.15) is 0 Å². The Morgan fingerprint density at radius 2 is 2.15 bits per heavy atom. The van der Waals surface area contributed by atoms with E-state index in [-0.39, 0.29) is 24.0 Å². The van der Waals surface area contributed by atoms with Crippen LogP contribution in [-0.4, -0.2) is 55.6 Å². The standard InChI is InChI=1S/C20H30N6.HI/c1-4-26-11-7-8-16(26)14-23-20(21)22-13-15-12-19(25(2)3)24-18-10-6-5-9-17(15)18;/h5-6,9-10,12,16H,4,7-8,11,13-14H2,1-3H3,(H3,21,22,23);1H. The number of fused-ring (bicyclic) bond motifs is 1. The Hall–Kier alpha value is -1.61. The van der Waals surface area contributed by atoms with Crippen molar-refractivity contribution in [2.45, 2.75) is 32.4 Å². The van der Waals surface area contributed by atoms with Crippen molar-refractivity contribution in [3.05, 3.63) is 35.9 Å². The minimum Gasteiger partial charge on any atom is -0.370 e. The van der Waals surface area contributed by atoms with Crippen LogP contribution in [0, 0.1) is 0 Å². The summed E-state index contributed by atoms with van der Waals surface area (Å²) >= 11 is 0. The molecule has 2 heterocycles. The number of likely N-dealkylation sites (tertiary alicyclic amines) is 1. The summed E-state index contributed by atoms with van der Waals surface area (Å²) < 4.78 is 0. The molecule has 0 radical (unpaired) electrons. The number of guanidine groups is 1. The van der Waals surface area contributed by atoms with Gasteiger partial charge in [0.2, 0.25) is 0 Å². The molecule has 0 spiro atoms. The van der Waals surface area contributed by atoms with Gasteiger partial charge >= 0.3 is 0 Å². The number of anilines is 1. The van der Waals surface area contributed by atoms with Gasteiger partial charge in [-0.05, 0) is 43.6 Å². The molecule has 0 aliphatic carbocycles. The Labute approximate surface area is 179 Å². The number of hydrogen-bond acceptors (Lipinski definition) is 4. The van der Waals surface area contributed by atoms with Crippen LogP contribution in [0.25, 0.3) is 10.9 Å². The molecule has 0 amide bonds. The summed E-state index contributed by atoms with van der Waals surface area (Å²) in [7, 11) is 4.00. The molecule has 0 saturated carbocycles. The second kappa shape index (κ2) is 10.1. The quantitative estimate of drug-likeness (QED) is 0.377. The fourth-order valence-electron chi connectivity index (χ4n) is 3.58. The van der Waals surface area contributed by atoms with Crippen molar-refractivity contribution in [1.29, 1.82) is 0 Å². The molecule has 7 heteroatoms. The Balaban J connectivity index is 0.00000261. The van der Waals surface area contributed by atoms with E-state index >= 15 is 0 Å². The first-order valence-electron chi connectivity index (χ1n) is 9.42. The van der Waals surface area contributed by atoms with Crippen LogP contribution in [0.15, 0.2) is 35.3 Å². The number of benzene rings is 1. The molecule has 1 aliphatic heterocycles. The van der Waals surface area contributed by atoms with Crippen molar-refractivity contribution in [1.82, 2.24) is 15.2 Å². The zero-order valence-corrected chi connectivity index (χ0v) is 18.8. The first kappa shape index (κ1) is 21.7. The van der Waals surface area contributed by atoms with E-state index in [2.05, 4.69) is 34.3 Å². The second-order valence-electron chi connectivity index (χ2n) is 7.06. The summed E-state index contributed by atoms with van der Waals surface area (Å²) in [6.07, 6.45) is 2.50. The molecule has 1 unspecified atom stereocenters. The average Bonchev–Trinajstić information content (AvgIpc) is 3.11. The van der Waals surface area contributed by atoms with E-state index in [0.717, 1.165) is 35.4 Å². The molecule has 148 valence electrons. The van der Waals surface area contributed by atoms with Gasteiger partial charge in [-0.1, -0.05) is 25.1 Å². The molecule has 27 heavy (non-hydrogen) atoms. The summed E-state index contributed by atoms with van der Waals surface area (Å²) in [4.78, 5) is 13.8. The van der Waals surface area contributed by atoms with E-state index < -0.39 is 0 Å². The Bertz CT molecular complexity index is 776. The number of para-hydroxylation sites is 1. The monoisotopic (exact) mass is 482 g/mol. The van der Waals surface area contributed by atoms with Gasteiger partial charge < -0.3 is 16.0 Å². The molecule has 1 atom stereocenters. The lowest BCUT2D eigenvalue weighted by Gasteiger charge is -2.23. The average molecular weight is 482 g/mol. The van der Waals surface area contributed by atoms with E-state index in [1.165, 1.54) is 19.4 Å². The van der Waals surface area contributed by atoms with Crippen LogP contribution in [0.5, 0.6) is 0 Å². The topological polar surface area (TPSA) is 69.8 Å².